The summed E-state index contributed by atoms with van der Waals surface area (Å²) in [6, 6.07) is 5.59. The van der Waals surface area contributed by atoms with Crippen LogP contribution in [0, 0.1) is 0 Å². The third-order valence-electron chi connectivity index (χ3n) is 2.64. The third-order valence-corrected chi connectivity index (χ3v) is 2.88. The van der Waals surface area contributed by atoms with Crippen LogP contribution in [0.3, 0.4) is 0 Å². The molecule has 0 bridgehead atoms. The summed E-state index contributed by atoms with van der Waals surface area (Å²) in [5, 5.41) is 3.46. The Morgan fingerprint density at radius 3 is 3.00 bits per heavy atom. The maximum absolute atomic E-state index is 11.3. The van der Waals surface area contributed by atoms with Crippen molar-refractivity contribution in [3.63, 3.8) is 0 Å². The van der Waals surface area contributed by atoms with E-state index in [-0.39, 0.29) is 5.91 Å². The van der Waals surface area contributed by atoms with Crippen LogP contribution in [0.2, 0.25) is 5.02 Å². The lowest BCUT2D eigenvalue weighted by Crippen LogP contribution is -2.48. The Kier molecular flexibility index (Phi) is 3.31. The third kappa shape index (κ3) is 2.28. The van der Waals surface area contributed by atoms with E-state index < -0.39 is 0 Å². The van der Waals surface area contributed by atoms with Gasteiger partial charge in [-0.2, -0.15) is 0 Å². The summed E-state index contributed by atoms with van der Waals surface area (Å²) in [5.74, 6) is 0.0455. The Hall–Kier alpha value is -1.26. The molecule has 0 aromatic heterocycles. The van der Waals surface area contributed by atoms with Crippen molar-refractivity contribution in [1.82, 2.24) is 5.32 Å². The van der Waals surface area contributed by atoms with Crippen LogP contribution in [-0.2, 0) is 11.3 Å². The standard InChI is InChI=1S/C11H14ClN3O/c12-9-1-2-10(8(5-9)6-13)15-4-3-14-11(16)7-15/h1-2,5H,3-4,6-7,13H2,(H,14,16). The van der Waals surface area contributed by atoms with Crippen molar-refractivity contribution in [2.45, 2.75) is 6.54 Å². The van der Waals surface area contributed by atoms with Gasteiger partial charge in [-0.1, -0.05) is 11.6 Å². The SMILES string of the molecule is NCc1cc(Cl)ccc1N1CCNC(=O)C1. The van der Waals surface area contributed by atoms with E-state index in [0.717, 1.165) is 17.8 Å². The molecule has 86 valence electrons. The molecule has 0 atom stereocenters. The Morgan fingerprint density at radius 1 is 1.50 bits per heavy atom. The van der Waals surface area contributed by atoms with Crippen molar-refractivity contribution in [3.05, 3.63) is 28.8 Å². The molecule has 4 nitrogen and oxygen atoms in total. The van der Waals surface area contributed by atoms with Crippen molar-refractivity contribution in [2.75, 3.05) is 24.5 Å². The number of halogens is 1. The van der Waals surface area contributed by atoms with E-state index in [4.69, 9.17) is 17.3 Å². The highest BCUT2D eigenvalue weighted by atomic mass is 35.5. The van der Waals surface area contributed by atoms with E-state index >= 15 is 0 Å². The number of piperazine rings is 1. The first-order valence-corrected chi connectivity index (χ1v) is 5.58. The topological polar surface area (TPSA) is 58.4 Å². The van der Waals surface area contributed by atoms with Crippen molar-refractivity contribution in [2.24, 2.45) is 5.73 Å². The minimum absolute atomic E-state index is 0.0455. The molecule has 16 heavy (non-hydrogen) atoms. The summed E-state index contributed by atoms with van der Waals surface area (Å²) in [4.78, 5) is 13.3. The zero-order chi connectivity index (χ0) is 11.5. The smallest absolute Gasteiger partial charge is 0.239 e. The molecule has 1 heterocycles. The number of anilines is 1. The lowest BCUT2D eigenvalue weighted by molar-refractivity contribution is -0.120. The lowest BCUT2D eigenvalue weighted by Gasteiger charge is -2.30. The average molecular weight is 240 g/mol. The average Bonchev–Trinajstić information content (AvgIpc) is 2.28. The van der Waals surface area contributed by atoms with E-state index in [1.807, 2.05) is 23.1 Å². The molecular weight excluding hydrogens is 226 g/mol. The monoisotopic (exact) mass is 239 g/mol. The number of hydrogen-bond donors (Lipinski definition) is 2. The highest BCUT2D eigenvalue weighted by Crippen LogP contribution is 2.24. The molecule has 0 aliphatic carbocycles. The Morgan fingerprint density at radius 2 is 2.31 bits per heavy atom. The fraction of sp³-hybridized carbons (Fsp3) is 0.364. The van der Waals surface area contributed by atoms with E-state index in [2.05, 4.69) is 5.32 Å². The van der Waals surface area contributed by atoms with Crippen molar-refractivity contribution < 1.29 is 4.79 Å². The molecule has 1 fully saturated rings. The molecule has 1 amide bonds. The van der Waals surface area contributed by atoms with Gasteiger partial charge >= 0.3 is 0 Å². The second-order valence-corrected chi connectivity index (χ2v) is 4.19. The van der Waals surface area contributed by atoms with Crippen LogP contribution >= 0.6 is 11.6 Å². The van der Waals surface area contributed by atoms with Crippen LogP contribution in [0.5, 0.6) is 0 Å². The molecule has 1 aliphatic rings. The van der Waals surface area contributed by atoms with Crippen LogP contribution in [0.25, 0.3) is 0 Å². The molecule has 1 aromatic carbocycles. The minimum atomic E-state index is 0.0455. The fourth-order valence-corrected chi connectivity index (χ4v) is 2.06. The van der Waals surface area contributed by atoms with E-state index in [1.165, 1.54) is 0 Å². The number of amides is 1. The number of nitrogens with zero attached hydrogens (tertiary/aromatic N) is 1. The van der Waals surface area contributed by atoms with Gasteiger partial charge in [0.25, 0.3) is 0 Å². The molecule has 1 saturated heterocycles. The quantitative estimate of drug-likeness (QED) is 0.800. The van der Waals surface area contributed by atoms with Crippen LogP contribution < -0.4 is 16.0 Å². The van der Waals surface area contributed by atoms with Crippen LogP contribution in [0.15, 0.2) is 18.2 Å². The van der Waals surface area contributed by atoms with E-state index in [9.17, 15) is 4.79 Å². The number of nitrogens with two attached hydrogens (primary N) is 1. The fourth-order valence-electron chi connectivity index (χ4n) is 1.87. The summed E-state index contributed by atoms with van der Waals surface area (Å²) in [7, 11) is 0. The van der Waals surface area contributed by atoms with Crippen LogP contribution in [0.1, 0.15) is 5.56 Å². The van der Waals surface area contributed by atoms with Crippen molar-refractivity contribution in [1.29, 1.82) is 0 Å². The predicted octanol–water partition coefficient (Wildman–Crippen LogP) is 0.735. The zero-order valence-electron chi connectivity index (χ0n) is 8.87. The first-order chi connectivity index (χ1) is 7.70. The van der Waals surface area contributed by atoms with Gasteiger partial charge in [0, 0.05) is 30.3 Å². The number of benzene rings is 1. The summed E-state index contributed by atoms with van der Waals surface area (Å²) in [6.45, 7) is 2.29. The molecule has 0 radical (unpaired) electrons. The Balaban J connectivity index is 2.28. The summed E-state index contributed by atoms with van der Waals surface area (Å²) in [5.41, 5.74) is 7.65. The molecule has 3 N–H and O–H groups in total. The number of rotatable bonds is 2. The van der Waals surface area contributed by atoms with Crippen molar-refractivity contribution in [3.8, 4) is 0 Å². The molecule has 5 heteroatoms. The van der Waals surface area contributed by atoms with Gasteiger partial charge < -0.3 is 16.0 Å². The predicted molar refractivity (Wildman–Crippen MR) is 64.6 cm³/mol. The number of carbonyl (C=O) groups is 1. The van der Waals surface area contributed by atoms with Gasteiger partial charge in [0.15, 0.2) is 0 Å². The van der Waals surface area contributed by atoms with Crippen LogP contribution in [0.4, 0.5) is 5.69 Å². The van der Waals surface area contributed by atoms with E-state index in [0.29, 0.717) is 24.7 Å². The number of nitrogens with one attached hydrogen (secondary N) is 1. The number of carbonyl (C=O) groups excluding carboxylic acids is 1. The molecule has 1 aliphatic heterocycles. The lowest BCUT2D eigenvalue weighted by atomic mass is 10.1. The van der Waals surface area contributed by atoms with Gasteiger partial charge in [0.05, 0.1) is 6.54 Å². The first kappa shape index (κ1) is 11.2. The second-order valence-electron chi connectivity index (χ2n) is 3.75. The molecule has 0 unspecified atom stereocenters. The normalized spacial score (nSPS) is 16.1. The summed E-state index contributed by atoms with van der Waals surface area (Å²) in [6.07, 6.45) is 0. The molecule has 0 spiro atoms. The van der Waals surface area contributed by atoms with Gasteiger partial charge in [-0.3, -0.25) is 4.79 Å². The maximum atomic E-state index is 11.3. The Bertz CT molecular complexity index is 408. The van der Waals surface area contributed by atoms with Gasteiger partial charge in [0.1, 0.15) is 0 Å². The minimum Gasteiger partial charge on any atom is -0.360 e. The molecule has 1 aromatic rings. The summed E-state index contributed by atoms with van der Waals surface area (Å²) >= 11 is 5.91. The van der Waals surface area contributed by atoms with Gasteiger partial charge in [-0.25, -0.2) is 0 Å². The van der Waals surface area contributed by atoms with Crippen LogP contribution in [-0.4, -0.2) is 25.5 Å². The van der Waals surface area contributed by atoms with Gasteiger partial charge in [-0.15, -0.1) is 0 Å². The molecular formula is C11H14ClN3O. The van der Waals surface area contributed by atoms with E-state index in [1.54, 1.807) is 0 Å². The van der Waals surface area contributed by atoms with Crippen molar-refractivity contribution >= 4 is 23.2 Å². The van der Waals surface area contributed by atoms with Gasteiger partial charge in [0.2, 0.25) is 5.91 Å². The Labute approximate surface area is 99.4 Å². The molecule has 0 saturated carbocycles. The highest BCUT2D eigenvalue weighted by molar-refractivity contribution is 6.30. The zero-order valence-corrected chi connectivity index (χ0v) is 9.63. The largest absolute Gasteiger partial charge is 0.360 e. The van der Waals surface area contributed by atoms with Gasteiger partial charge in [-0.05, 0) is 23.8 Å². The second kappa shape index (κ2) is 4.72. The summed E-state index contributed by atoms with van der Waals surface area (Å²) < 4.78 is 0. The first-order valence-electron chi connectivity index (χ1n) is 5.21. The highest BCUT2D eigenvalue weighted by Gasteiger charge is 2.18. The molecule has 2 rings (SSSR count). The number of hydrogen-bond acceptors (Lipinski definition) is 3. The maximum Gasteiger partial charge on any atom is 0.239 e.